The molecule has 1 atom stereocenters. The van der Waals surface area contributed by atoms with Gasteiger partial charge in [-0.25, -0.2) is 4.98 Å². The summed E-state index contributed by atoms with van der Waals surface area (Å²) >= 11 is 6.16. The molecular formula is C16H16ClN5O. The third-order valence-electron chi connectivity index (χ3n) is 3.29. The average molecular weight is 330 g/mol. The lowest BCUT2D eigenvalue weighted by Gasteiger charge is -2.18. The minimum absolute atomic E-state index is 0.0785. The first kappa shape index (κ1) is 15.3. The summed E-state index contributed by atoms with van der Waals surface area (Å²) in [6.45, 7) is -0.0785. The van der Waals surface area contributed by atoms with E-state index in [4.69, 9.17) is 11.6 Å². The molecule has 2 heterocycles. The number of rotatable bonds is 6. The minimum atomic E-state index is -0.302. The summed E-state index contributed by atoms with van der Waals surface area (Å²) in [7, 11) is 0. The van der Waals surface area contributed by atoms with E-state index in [2.05, 4.69) is 25.6 Å². The Balaban J connectivity index is 1.81. The molecular weight excluding hydrogens is 314 g/mol. The maximum absolute atomic E-state index is 9.64. The van der Waals surface area contributed by atoms with Crippen molar-refractivity contribution in [3.05, 3.63) is 65.6 Å². The number of anilines is 3. The third kappa shape index (κ3) is 3.80. The fourth-order valence-corrected chi connectivity index (χ4v) is 2.29. The Labute approximate surface area is 138 Å². The Morgan fingerprint density at radius 3 is 2.74 bits per heavy atom. The number of benzene rings is 1. The Bertz CT molecular complexity index is 748. The molecule has 0 amide bonds. The molecule has 7 heteroatoms. The summed E-state index contributed by atoms with van der Waals surface area (Å²) in [4.78, 5) is 11.5. The zero-order chi connectivity index (χ0) is 16.1. The Morgan fingerprint density at radius 2 is 2.04 bits per heavy atom. The summed E-state index contributed by atoms with van der Waals surface area (Å²) < 4.78 is 0. The Kier molecular flexibility index (Phi) is 4.75. The number of hydrogen-bond acceptors (Lipinski definition) is 5. The zero-order valence-electron chi connectivity index (χ0n) is 12.2. The van der Waals surface area contributed by atoms with E-state index in [0.29, 0.717) is 16.8 Å². The SMILES string of the molecule is OCC(Nc1nc(Nc2cc[nH]c2)ncc1Cl)c1ccccc1. The van der Waals surface area contributed by atoms with Crippen LogP contribution in [-0.4, -0.2) is 26.7 Å². The summed E-state index contributed by atoms with van der Waals surface area (Å²) in [5.74, 6) is 0.879. The molecule has 0 aliphatic rings. The van der Waals surface area contributed by atoms with E-state index in [9.17, 15) is 5.11 Å². The highest BCUT2D eigenvalue weighted by molar-refractivity contribution is 6.32. The lowest BCUT2D eigenvalue weighted by Crippen LogP contribution is -2.16. The van der Waals surface area contributed by atoms with Crippen LogP contribution in [0.2, 0.25) is 5.02 Å². The molecule has 23 heavy (non-hydrogen) atoms. The Hall–Kier alpha value is -2.57. The van der Waals surface area contributed by atoms with Gasteiger partial charge in [-0.05, 0) is 11.6 Å². The van der Waals surface area contributed by atoms with Crippen molar-refractivity contribution in [2.24, 2.45) is 0 Å². The van der Waals surface area contributed by atoms with E-state index in [-0.39, 0.29) is 12.6 Å². The fraction of sp³-hybridized carbons (Fsp3) is 0.125. The van der Waals surface area contributed by atoms with Crippen LogP contribution in [0, 0.1) is 0 Å². The molecule has 0 saturated carbocycles. The van der Waals surface area contributed by atoms with E-state index in [0.717, 1.165) is 11.3 Å². The normalized spacial score (nSPS) is 11.9. The minimum Gasteiger partial charge on any atom is -0.394 e. The maximum atomic E-state index is 9.64. The molecule has 1 aromatic carbocycles. The van der Waals surface area contributed by atoms with Gasteiger partial charge in [0.2, 0.25) is 5.95 Å². The first-order valence-electron chi connectivity index (χ1n) is 7.11. The van der Waals surface area contributed by atoms with Crippen LogP contribution in [0.5, 0.6) is 0 Å². The number of aromatic amines is 1. The predicted octanol–water partition coefficient (Wildman–Crippen LogP) is 3.35. The lowest BCUT2D eigenvalue weighted by molar-refractivity contribution is 0.276. The summed E-state index contributed by atoms with van der Waals surface area (Å²) in [5, 5.41) is 16.2. The van der Waals surface area contributed by atoms with Crippen molar-refractivity contribution in [2.45, 2.75) is 6.04 Å². The van der Waals surface area contributed by atoms with E-state index in [1.165, 1.54) is 6.20 Å². The van der Waals surface area contributed by atoms with Crippen molar-refractivity contribution in [3.8, 4) is 0 Å². The Morgan fingerprint density at radius 1 is 1.22 bits per heavy atom. The van der Waals surface area contributed by atoms with Gasteiger partial charge in [0, 0.05) is 12.4 Å². The van der Waals surface area contributed by atoms with Crippen LogP contribution < -0.4 is 10.6 Å². The van der Waals surface area contributed by atoms with Gasteiger partial charge in [0.05, 0.1) is 24.5 Å². The van der Waals surface area contributed by atoms with E-state index < -0.39 is 0 Å². The fourth-order valence-electron chi connectivity index (χ4n) is 2.14. The van der Waals surface area contributed by atoms with Crippen molar-refractivity contribution in [3.63, 3.8) is 0 Å². The second-order valence-electron chi connectivity index (χ2n) is 4.91. The van der Waals surface area contributed by atoms with Crippen LogP contribution in [0.1, 0.15) is 11.6 Å². The highest BCUT2D eigenvalue weighted by Gasteiger charge is 2.14. The maximum Gasteiger partial charge on any atom is 0.229 e. The first-order chi connectivity index (χ1) is 11.3. The number of hydrogen-bond donors (Lipinski definition) is 4. The second kappa shape index (κ2) is 7.13. The molecule has 0 spiro atoms. The number of nitrogens with zero attached hydrogens (tertiary/aromatic N) is 2. The van der Waals surface area contributed by atoms with Crippen molar-refractivity contribution in [1.82, 2.24) is 15.0 Å². The molecule has 6 nitrogen and oxygen atoms in total. The first-order valence-corrected chi connectivity index (χ1v) is 7.49. The van der Waals surface area contributed by atoms with Gasteiger partial charge in [-0.2, -0.15) is 4.98 Å². The van der Waals surface area contributed by atoms with E-state index in [1.807, 2.05) is 36.4 Å². The van der Waals surface area contributed by atoms with Gasteiger partial charge in [-0.1, -0.05) is 41.9 Å². The molecule has 2 aromatic heterocycles. The topological polar surface area (TPSA) is 85.9 Å². The quantitative estimate of drug-likeness (QED) is 0.557. The number of aliphatic hydroxyl groups is 1. The average Bonchev–Trinajstić information content (AvgIpc) is 3.09. The van der Waals surface area contributed by atoms with Crippen LogP contribution in [-0.2, 0) is 0 Å². The number of aliphatic hydroxyl groups excluding tert-OH is 1. The van der Waals surface area contributed by atoms with Gasteiger partial charge >= 0.3 is 0 Å². The molecule has 0 radical (unpaired) electrons. The molecule has 1 unspecified atom stereocenters. The number of aromatic nitrogens is 3. The molecule has 118 valence electrons. The van der Waals surface area contributed by atoms with E-state index in [1.54, 1.807) is 12.4 Å². The van der Waals surface area contributed by atoms with Crippen molar-refractivity contribution >= 4 is 29.1 Å². The van der Waals surface area contributed by atoms with Gasteiger partial charge < -0.3 is 20.7 Å². The largest absolute Gasteiger partial charge is 0.394 e. The van der Waals surface area contributed by atoms with Crippen molar-refractivity contribution < 1.29 is 5.11 Å². The zero-order valence-corrected chi connectivity index (χ0v) is 13.0. The van der Waals surface area contributed by atoms with Crippen LogP contribution >= 0.6 is 11.6 Å². The van der Waals surface area contributed by atoms with Gasteiger partial charge in [-0.3, -0.25) is 0 Å². The molecule has 0 fully saturated rings. The van der Waals surface area contributed by atoms with Gasteiger partial charge in [0.15, 0.2) is 5.82 Å². The van der Waals surface area contributed by atoms with Crippen LogP contribution in [0.15, 0.2) is 55.0 Å². The summed E-state index contributed by atoms with van der Waals surface area (Å²) in [6, 6.07) is 11.2. The van der Waals surface area contributed by atoms with Gasteiger partial charge in [-0.15, -0.1) is 0 Å². The number of nitrogens with one attached hydrogen (secondary N) is 3. The molecule has 3 rings (SSSR count). The van der Waals surface area contributed by atoms with Crippen LogP contribution in [0.3, 0.4) is 0 Å². The third-order valence-corrected chi connectivity index (χ3v) is 3.57. The van der Waals surface area contributed by atoms with Crippen LogP contribution in [0.4, 0.5) is 17.5 Å². The highest BCUT2D eigenvalue weighted by Crippen LogP contribution is 2.25. The monoisotopic (exact) mass is 329 g/mol. The van der Waals surface area contributed by atoms with Crippen molar-refractivity contribution in [1.29, 1.82) is 0 Å². The summed E-state index contributed by atoms with van der Waals surface area (Å²) in [5.41, 5.74) is 1.80. The highest BCUT2D eigenvalue weighted by atomic mass is 35.5. The lowest BCUT2D eigenvalue weighted by atomic mass is 10.1. The van der Waals surface area contributed by atoms with Crippen molar-refractivity contribution in [2.75, 3.05) is 17.2 Å². The van der Waals surface area contributed by atoms with E-state index >= 15 is 0 Å². The molecule has 0 aliphatic heterocycles. The van der Waals surface area contributed by atoms with Crippen LogP contribution in [0.25, 0.3) is 0 Å². The van der Waals surface area contributed by atoms with Gasteiger partial charge in [0.25, 0.3) is 0 Å². The molecule has 3 aromatic rings. The van der Waals surface area contributed by atoms with Gasteiger partial charge in [0.1, 0.15) is 5.02 Å². The number of halogens is 1. The summed E-state index contributed by atoms with van der Waals surface area (Å²) in [6.07, 6.45) is 5.12. The predicted molar refractivity (Wildman–Crippen MR) is 91.0 cm³/mol. The molecule has 0 saturated heterocycles. The smallest absolute Gasteiger partial charge is 0.229 e. The number of H-pyrrole nitrogens is 1. The second-order valence-corrected chi connectivity index (χ2v) is 5.31. The molecule has 0 aliphatic carbocycles. The molecule has 0 bridgehead atoms. The standard InChI is InChI=1S/C16H16ClN5O/c17-13-9-19-16(20-12-6-7-18-8-12)22-15(13)21-14(10-23)11-4-2-1-3-5-11/h1-9,14,18,23H,10H2,(H2,19,20,21,22). The molecule has 4 N–H and O–H groups in total.